The first kappa shape index (κ1) is 18.7. The second-order valence-electron chi connectivity index (χ2n) is 6.96. The predicted octanol–water partition coefficient (Wildman–Crippen LogP) is 4.51. The summed E-state index contributed by atoms with van der Waals surface area (Å²) in [5.41, 5.74) is 3.52. The van der Waals surface area contributed by atoms with Crippen LogP contribution < -0.4 is 4.74 Å². The molecule has 1 aliphatic heterocycles. The molecule has 1 fully saturated rings. The first-order valence-corrected chi connectivity index (χ1v) is 10.5. The van der Waals surface area contributed by atoms with Crippen molar-refractivity contribution in [3.8, 4) is 5.75 Å². The predicted molar refractivity (Wildman–Crippen MR) is 108 cm³/mol. The molecule has 6 nitrogen and oxygen atoms in total. The van der Waals surface area contributed by atoms with E-state index in [1.165, 1.54) is 11.3 Å². The van der Waals surface area contributed by atoms with E-state index in [1.54, 1.807) is 16.6 Å². The zero-order valence-electron chi connectivity index (χ0n) is 15.6. The van der Waals surface area contributed by atoms with Crippen LogP contribution in [0, 0.1) is 5.92 Å². The standard InChI is InChI=1S/C21H23N3O3S/c25-21(27-13-18-14-28-15-23-18)24-9-5-16(6-10-24)7-11-26-19-3-4-20-17(12-19)2-1-8-22-20/h1-4,8,12,14-16H,5-7,9-11,13H2. The molecule has 1 saturated heterocycles. The molecule has 0 unspecified atom stereocenters. The van der Waals surface area contributed by atoms with Crippen LogP contribution in [0.4, 0.5) is 4.79 Å². The highest BCUT2D eigenvalue weighted by Crippen LogP contribution is 2.23. The van der Waals surface area contributed by atoms with E-state index in [0.717, 1.165) is 54.7 Å². The Morgan fingerprint density at radius 3 is 2.93 bits per heavy atom. The number of pyridine rings is 1. The molecule has 146 valence electrons. The van der Waals surface area contributed by atoms with E-state index in [0.29, 0.717) is 12.5 Å². The van der Waals surface area contributed by atoms with Gasteiger partial charge in [-0.25, -0.2) is 9.78 Å². The van der Waals surface area contributed by atoms with Crippen molar-refractivity contribution in [2.45, 2.75) is 25.9 Å². The second kappa shape index (κ2) is 9.01. The Hall–Kier alpha value is -2.67. The third-order valence-electron chi connectivity index (χ3n) is 5.07. The first-order valence-electron chi connectivity index (χ1n) is 9.54. The van der Waals surface area contributed by atoms with E-state index >= 15 is 0 Å². The van der Waals surface area contributed by atoms with Crippen LogP contribution in [0.25, 0.3) is 10.9 Å². The van der Waals surface area contributed by atoms with Crippen LogP contribution in [0.2, 0.25) is 0 Å². The Bertz CT molecular complexity index is 908. The largest absolute Gasteiger partial charge is 0.494 e. The van der Waals surface area contributed by atoms with Crippen molar-refractivity contribution in [1.82, 2.24) is 14.9 Å². The summed E-state index contributed by atoms with van der Waals surface area (Å²) in [6.07, 6.45) is 4.51. The molecule has 1 aromatic carbocycles. The molecule has 0 saturated carbocycles. The minimum Gasteiger partial charge on any atom is -0.494 e. The van der Waals surface area contributed by atoms with Crippen LogP contribution in [0.3, 0.4) is 0 Å². The molecule has 1 amide bonds. The molecule has 0 atom stereocenters. The van der Waals surface area contributed by atoms with Crippen molar-refractivity contribution in [3.05, 3.63) is 53.1 Å². The van der Waals surface area contributed by atoms with E-state index in [-0.39, 0.29) is 12.7 Å². The third kappa shape index (κ3) is 4.78. The number of carbonyl (C=O) groups excluding carboxylic acids is 1. The van der Waals surface area contributed by atoms with E-state index < -0.39 is 0 Å². The molecule has 0 radical (unpaired) electrons. The van der Waals surface area contributed by atoms with Crippen molar-refractivity contribution in [2.24, 2.45) is 5.92 Å². The number of rotatable bonds is 6. The molecule has 7 heteroatoms. The van der Waals surface area contributed by atoms with Gasteiger partial charge in [-0.1, -0.05) is 6.07 Å². The molecular weight excluding hydrogens is 374 g/mol. The maximum absolute atomic E-state index is 12.2. The molecule has 1 aliphatic rings. The number of fused-ring (bicyclic) bond motifs is 1. The molecule has 0 bridgehead atoms. The van der Waals surface area contributed by atoms with E-state index in [1.807, 2.05) is 35.7 Å². The summed E-state index contributed by atoms with van der Waals surface area (Å²) in [6.45, 7) is 2.41. The molecule has 0 spiro atoms. The SMILES string of the molecule is O=C(OCc1cscn1)N1CCC(CCOc2ccc3ncccc3c2)CC1. The first-order chi connectivity index (χ1) is 13.8. The lowest BCUT2D eigenvalue weighted by Crippen LogP contribution is -2.39. The van der Waals surface area contributed by atoms with Gasteiger partial charge in [0.1, 0.15) is 12.4 Å². The Labute approximate surface area is 168 Å². The number of thiazole rings is 1. The Balaban J connectivity index is 1.17. The van der Waals surface area contributed by atoms with Gasteiger partial charge in [-0.3, -0.25) is 4.98 Å². The van der Waals surface area contributed by atoms with Gasteiger partial charge in [0, 0.05) is 30.1 Å². The van der Waals surface area contributed by atoms with Gasteiger partial charge in [0.15, 0.2) is 0 Å². The molecule has 28 heavy (non-hydrogen) atoms. The highest BCUT2D eigenvalue weighted by Gasteiger charge is 2.23. The molecule has 0 N–H and O–H groups in total. The number of amides is 1. The Kier molecular flexibility index (Phi) is 6.01. The van der Waals surface area contributed by atoms with Crippen LogP contribution in [-0.4, -0.2) is 40.7 Å². The number of ether oxygens (including phenoxy) is 2. The van der Waals surface area contributed by atoms with Crippen LogP contribution in [0.5, 0.6) is 5.75 Å². The van der Waals surface area contributed by atoms with Crippen LogP contribution in [0.1, 0.15) is 25.0 Å². The average Bonchev–Trinajstić information content (AvgIpc) is 3.26. The number of piperidine rings is 1. The quantitative estimate of drug-likeness (QED) is 0.612. The van der Waals surface area contributed by atoms with Gasteiger partial charge < -0.3 is 14.4 Å². The van der Waals surface area contributed by atoms with Gasteiger partial charge in [-0.15, -0.1) is 11.3 Å². The average molecular weight is 398 g/mol. The number of aromatic nitrogens is 2. The maximum atomic E-state index is 12.2. The fraction of sp³-hybridized carbons (Fsp3) is 0.381. The zero-order valence-corrected chi connectivity index (χ0v) is 16.4. The number of likely N-dealkylation sites (tertiary alicyclic amines) is 1. The molecular formula is C21H23N3O3S. The molecule has 2 aromatic heterocycles. The van der Waals surface area contributed by atoms with Crippen LogP contribution in [-0.2, 0) is 11.3 Å². The van der Waals surface area contributed by atoms with Gasteiger partial charge in [0.25, 0.3) is 0 Å². The monoisotopic (exact) mass is 397 g/mol. The Morgan fingerprint density at radius 1 is 1.21 bits per heavy atom. The number of carbonyl (C=O) groups is 1. The van der Waals surface area contributed by atoms with Crippen molar-refractivity contribution < 1.29 is 14.3 Å². The summed E-state index contributed by atoms with van der Waals surface area (Å²) in [6, 6.07) is 9.96. The van der Waals surface area contributed by atoms with Gasteiger partial charge in [-0.2, -0.15) is 0 Å². The van der Waals surface area contributed by atoms with Crippen LogP contribution >= 0.6 is 11.3 Å². The summed E-state index contributed by atoms with van der Waals surface area (Å²) in [7, 11) is 0. The third-order valence-corrected chi connectivity index (χ3v) is 5.70. The highest BCUT2D eigenvalue weighted by atomic mass is 32.1. The van der Waals surface area contributed by atoms with E-state index in [4.69, 9.17) is 9.47 Å². The summed E-state index contributed by atoms with van der Waals surface area (Å²) in [5.74, 6) is 1.45. The lowest BCUT2D eigenvalue weighted by molar-refractivity contribution is 0.0792. The minimum absolute atomic E-state index is 0.243. The van der Waals surface area contributed by atoms with Gasteiger partial charge in [0.2, 0.25) is 0 Å². The number of hydrogen-bond acceptors (Lipinski definition) is 6. The van der Waals surface area contributed by atoms with Crippen LogP contribution in [0.15, 0.2) is 47.4 Å². The summed E-state index contributed by atoms with van der Waals surface area (Å²) in [5, 5.41) is 2.98. The van der Waals surface area contributed by atoms with Crippen molar-refractivity contribution in [2.75, 3.05) is 19.7 Å². The van der Waals surface area contributed by atoms with Gasteiger partial charge >= 0.3 is 6.09 Å². The molecule has 3 heterocycles. The topological polar surface area (TPSA) is 64.5 Å². The number of nitrogens with zero attached hydrogens (tertiary/aromatic N) is 3. The summed E-state index contributed by atoms with van der Waals surface area (Å²) in [4.78, 5) is 22.4. The zero-order chi connectivity index (χ0) is 19.2. The molecule has 0 aliphatic carbocycles. The number of hydrogen-bond donors (Lipinski definition) is 0. The smallest absolute Gasteiger partial charge is 0.410 e. The second-order valence-corrected chi connectivity index (χ2v) is 7.68. The van der Waals surface area contributed by atoms with Crippen molar-refractivity contribution >= 4 is 28.3 Å². The fourth-order valence-corrected chi connectivity index (χ4v) is 3.97. The van der Waals surface area contributed by atoms with E-state index in [2.05, 4.69) is 9.97 Å². The van der Waals surface area contributed by atoms with Gasteiger partial charge in [-0.05, 0) is 49.4 Å². The van der Waals surface area contributed by atoms with Crippen molar-refractivity contribution in [3.63, 3.8) is 0 Å². The van der Waals surface area contributed by atoms with E-state index in [9.17, 15) is 4.79 Å². The summed E-state index contributed by atoms with van der Waals surface area (Å²) < 4.78 is 11.3. The minimum atomic E-state index is -0.243. The maximum Gasteiger partial charge on any atom is 0.410 e. The van der Waals surface area contributed by atoms with Gasteiger partial charge in [0.05, 0.1) is 23.3 Å². The normalized spacial score (nSPS) is 14.9. The molecule has 3 aromatic rings. The lowest BCUT2D eigenvalue weighted by atomic mass is 9.94. The highest BCUT2D eigenvalue weighted by molar-refractivity contribution is 7.07. The van der Waals surface area contributed by atoms with Crippen molar-refractivity contribution in [1.29, 1.82) is 0 Å². The summed E-state index contributed by atoms with van der Waals surface area (Å²) >= 11 is 1.50. The molecule has 4 rings (SSSR count). The number of benzene rings is 1. The lowest BCUT2D eigenvalue weighted by Gasteiger charge is -2.31. The fourth-order valence-electron chi connectivity index (χ4n) is 3.43. The Morgan fingerprint density at radius 2 is 2.11 bits per heavy atom.